The van der Waals surface area contributed by atoms with Gasteiger partial charge in [-0.25, -0.2) is 9.97 Å². The fourth-order valence-corrected chi connectivity index (χ4v) is 7.85. The summed E-state index contributed by atoms with van der Waals surface area (Å²) in [7, 11) is 4.36. The lowest BCUT2D eigenvalue weighted by atomic mass is 9.91. The third-order valence-electron chi connectivity index (χ3n) is 11.3. The van der Waals surface area contributed by atoms with Gasteiger partial charge >= 0.3 is 0 Å². The zero-order chi connectivity index (χ0) is 33.8. The summed E-state index contributed by atoms with van der Waals surface area (Å²) in [5.41, 5.74) is 2.01. The van der Waals surface area contributed by atoms with Crippen molar-refractivity contribution >= 4 is 17.4 Å². The molecule has 0 amide bonds. The quantitative estimate of drug-likeness (QED) is 0.378. The molecule has 11 nitrogen and oxygen atoms in total. The van der Waals surface area contributed by atoms with Gasteiger partial charge in [0.25, 0.3) is 0 Å². The van der Waals surface area contributed by atoms with Crippen molar-refractivity contribution in [2.45, 2.75) is 51.9 Å². The van der Waals surface area contributed by atoms with Crippen LogP contribution in [0.2, 0.25) is 0 Å². The topological polar surface area (TPSA) is 68.8 Å². The monoisotopic (exact) mass is 660 g/mol. The first-order chi connectivity index (χ1) is 23.2. The van der Waals surface area contributed by atoms with Crippen LogP contribution in [0.4, 0.5) is 11.6 Å². The minimum atomic E-state index is -0.362. The van der Waals surface area contributed by atoms with Crippen LogP contribution in [0.3, 0.4) is 0 Å². The Morgan fingerprint density at radius 3 is 1.12 bits per heavy atom. The molecule has 6 heterocycles. The summed E-state index contributed by atoms with van der Waals surface area (Å²) in [6.45, 7) is 24.5. The maximum absolute atomic E-state index is 15.3. The van der Waals surface area contributed by atoms with Crippen molar-refractivity contribution in [3.8, 4) is 0 Å². The Morgan fingerprint density at radius 1 is 0.500 bits per heavy atom. The van der Waals surface area contributed by atoms with E-state index in [1.807, 2.05) is 12.4 Å². The van der Waals surface area contributed by atoms with E-state index in [0.717, 1.165) is 127 Å². The van der Waals surface area contributed by atoms with Crippen molar-refractivity contribution in [2.75, 3.05) is 129 Å². The molecule has 4 aliphatic heterocycles. The van der Waals surface area contributed by atoms with Crippen LogP contribution in [0.15, 0.2) is 36.7 Å². The van der Waals surface area contributed by atoms with E-state index in [1.165, 1.54) is 0 Å². The number of rotatable bonds is 10. The van der Waals surface area contributed by atoms with Gasteiger partial charge in [-0.05, 0) is 65.0 Å². The van der Waals surface area contributed by atoms with Crippen LogP contribution in [0, 0.1) is 0 Å². The number of piperazine rings is 4. The van der Waals surface area contributed by atoms with Gasteiger partial charge in [0.2, 0.25) is 0 Å². The molecule has 4 aliphatic rings. The van der Waals surface area contributed by atoms with Crippen LogP contribution in [-0.4, -0.2) is 176 Å². The maximum atomic E-state index is 15.3. The van der Waals surface area contributed by atoms with Crippen LogP contribution in [0.25, 0.3) is 0 Å². The van der Waals surface area contributed by atoms with Gasteiger partial charge in [0.15, 0.2) is 5.78 Å². The Kier molecular flexibility index (Phi) is 11.7. The molecule has 0 spiro atoms. The number of anilines is 2. The molecule has 0 aromatic carbocycles. The van der Waals surface area contributed by atoms with E-state index in [-0.39, 0.29) is 17.9 Å². The van der Waals surface area contributed by atoms with Crippen LogP contribution >= 0.6 is 0 Å². The molecule has 4 fully saturated rings. The van der Waals surface area contributed by atoms with Crippen molar-refractivity contribution in [1.82, 2.24) is 39.4 Å². The van der Waals surface area contributed by atoms with E-state index in [9.17, 15) is 0 Å². The predicted octanol–water partition coefficient (Wildman–Crippen LogP) is 2.38. The van der Waals surface area contributed by atoms with E-state index in [2.05, 4.69) is 105 Å². The number of aromatic nitrogens is 2. The third-order valence-corrected chi connectivity index (χ3v) is 11.3. The highest BCUT2D eigenvalue weighted by Gasteiger charge is 2.40. The van der Waals surface area contributed by atoms with Gasteiger partial charge in [-0.15, -0.1) is 0 Å². The Hall–Kier alpha value is -2.67. The van der Waals surface area contributed by atoms with Crippen molar-refractivity contribution in [2.24, 2.45) is 0 Å². The third kappa shape index (κ3) is 8.20. The Morgan fingerprint density at radius 2 is 0.833 bits per heavy atom. The number of Topliss-reactive ketones (excluding diaryl/α,β-unsaturated/α-hetero) is 1. The van der Waals surface area contributed by atoms with Crippen LogP contribution < -0.4 is 9.80 Å². The number of ketones is 1. The SMILES string of the molecule is CC(C)N1CCN(C(C(=O)C(c2ccc(N3CCN(C)CC3)nc2)N2CCN(C(C)C)CC2)c2ccc(N3CCN(C)CC3)nc2)CC1. The molecule has 0 bridgehead atoms. The Bertz CT molecular complexity index is 1190. The zero-order valence-corrected chi connectivity index (χ0v) is 30.5. The molecule has 48 heavy (non-hydrogen) atoms. The molecule has 0 N–H and O–H groups in total. The van der Waals surface area contributed by atoms with Gasteiger partial charge in [-0.1, -0.05) is 12.1 Å². The van der Waals surface area contributed by atoms with E-state index in [0.29, 0.717) is 12.1 Å². The molecule has 0 saturated carbocycles. The molecule has 0 radical (unpaired) electrons. The van der Waals surface area contributed by atoms with E-state index < -0.39 is 0 Å². The summed E-state index contributed by atoms with van der Waals surface area (Å²) in [6, 6.07) is 8.93. The maximum Gasteiger partial charge on any atom is 0.176 e. The fourth-order valence-electron chi connectivity index (χ4n) is 7.85. The number of pyridine rings is 2. The van der Waals surface area contributed by atoms with E-state index in [4.69, 9.17) is 9.97 Å². The zero-order valence-electron chi connectivity index (χ0n) is 30.5. The summed E-state index contributed by atoms with van der Waals surface area (Å²) in [4.78, 5) is 44.7. The second kappa shape index (κ2) is 15.9. The molecule has 264 valence electrons. The number of carbonyl (C=O) groups excluding carboxylic acids is 1. The highest BCUT2D eigenvalue weighted by molar-refractivity contribution is 5.91. The van der Waals surface area contributed by atoms with E-state index in [1.54, 1.807) is 0 Å². The van der Waals surface area contributed by atoms with E-state index >= 15 is 4.79 Å². The smallest absolute Gasteiger partial charge is 0.176 e. The normalized spacial score (nSPS) is 23.2. The van der Waals surface area contributed by atoms with Gasteiger partial charge in [0, 0.05) is 129 Å². The minimum absolute atomic E-state index is 0.245. The average molecular weight is 661 g/mol. The van der Waals surface area contributed by atoms with Gasteiger partial charge in [0.1, 0.15) is 11.6 Å². The first kappa shape index (κ1) is 35.2. The van der Waals surface area contributed by atoms with Crippen LogP contribution in [0.1, 0.15) is 50.9 Å². The van der Waals surface area contributed by atoms with Crippen molar-refractivity contribution in [3.05, 3.63) is 47.8 Å². The second-order valence-electron chi connectivity index (χ2n) is 15.0. The highest BCUT2D eigenvalue weighted by Crippen LogP contribution is 2.34. The Labute approximate surface area is 289 Å². The molecule has 2 unspecified atom stereocenters. The largest absolute Gasteiger partial charge is 0.354 e. The first-order valence-corrected chi connectivity index (χ1v) is 18.5. The summed E-state index contributed by atoms with van der Waals surface area (Å²) < 4.78 is 0. The number of carbonyl (C=O) groups is 1. The van der Waals surface area contributed by atoms with Crippen LogP contribution in [0.5, 0.6) is 0 Å². The molecule has 6 rings (SSSR count). The summed E-state index contributed by atoms with van der Waals surface area (Å²) in [6.07, 6.45) is 3.99. The molecular formula is C37H60N10O. The lowest BCUT2D eigenvalue weighted by Gasteiger charge is -2.44. The second-order valence-corrected chi connectivity index (χ2v) is 15.0. The number of hydrogen-bond donors (Lipinski definition) is 0. The molecule has 2 atom stereocenters. The summed E-state index contributed by atoms with van der Waals surface area (Å²) in [5.74, 6) is 2.26. The van der Waals surface area contributed by atoms with Crippen molar-refractivity contribution in [3.63, 3.8) is 0 Å². The number of likely N-dealkylation sites (N-methyl/N-ethyl adjacent to an activating group) is 2. The Balaban J connectivity index is 1.30. The molecule has 2 aromatic rings. The van der Waals surface area contributed by atoms with Gasteiger partial charge in [-0.3, -0.25) is 24.4 Å². The summed E-state index contributed by atoms with van der Waals surface area (Å²) >= 11 is 0. The van der Waals surface area contributed by atoms with Gasteiger partial charge in [-0.2, -0.15) is 0 Å². The van der Waals surface area contributed by atoms with Crippen LogP contribution in [-0.2, 0) is 4.79 Å². The molecule has 11 heteroatoms. The average Bonchev–Trinajstić information content (AvgIpc) is 3.10. The molecular weight excluding hydrogens is 600 g/mol. The summed E-state index contributed by atoms with van der Waals surface area (Å²) in [5, 5.41) is 0. The lowest BCUT2D eigenvalue weighted by Crippen LogP contribution is -2.54. The highest BCUT2D eigenvalue weighted by atomic mass is 16.1. The predicted molar refractivity (Wildman–Crippen MR) is 195 cm³/mol. The van der Waals surface area contributed by atoms with Crippen molar-refractivity contribution < 1.29 is 4.79 Å². The van der Waals surface area contributed by atoms with Crippen molar-refractivity contribution in [1.29, 1.82) is 0 Å². The molecule has 4 saturated heterocycles. The molecule has 0 aliphatic carbocycles. The lowest BCUT2D eigenvalue weighted by molar-refractivity contribution is -0.132. The van der Waals surface area contributed by atoms with Gasteiger partial charge in [0.05, 0.1) is 12.1 Å². The number of nitrogens with zero attached hydrogens (tertiary/aromatic N) is 10. The molecule has 2 aromatic heterocycles. The first-order valence-electron chi connectivity index (χ1n) is 18.5. The van der Waals surface area contributed by atoms with Gasteiger partial charge < -0.3 is 19.6 Å². The standard InChI is InChI=1S/C37H60N10O/c1-29(2)42-19-23-46(24-20-42)35(31-7-9-33(38-27-31)44-15-11-40(5)12-16-44)37(48)36(47-25-21-43(22-26-47)30(3)4)32-8-10-34(39-28-32)45-17-13-41(6)14-18-45/h7-10,27-30,35-36H,11-26H2,1-6H3. The minimum Gasteiger partial charge on any atom is -0.354 e. The number of hydrogen-bond acceptors (Lipinski definition) is 11. The fraction of sp³-hybridized carbons (Fsp3) is 0.703.